The number of anilines is 1. The zero-order valence-corrected chi connectivity index (χ0v) is 18.4. The highest BCUT2D eigenvalue weighted by Crippen LogP contribution is 2.33. The molecule has 1 amide bonds. The molecular formula is C20H23N3OS3. The molecule has 0 aliphatic heterocycles. The zero-order chi connectivity index (χ0) is 19.4. The van der Waals surface area contributed by atoms with Gasteiger partial charge in [-0.25, -0.2) is 4.98 Å². The lowest BCUT2D eigenvalue weighted by Gasteiger charge is -2.22. The summed E-state index contributed by atoms with van der Waals surface area (Å²) in [6, 6.07) is 14.0. The summed E-state index contributed by atoms with van der Waals surface area (Å²) < 4.78 is 1.11. The van der Waals surface area contributed by atoms with Crippen LogP contribution in [0.2, 0.25) is 0 Å². The third kappa shape index (κ3) is 4.66. The number of carbonyl (C=O) groups is 1. The van der Waals surface area contributed by atoms with Gasteiger partial charge in [0, 0.05) is 22.9 Å². The van der Waals surface area contributed by atoms with Crippen LogP contribution < -0.4 is 4.90 Å². The minimum Gasteiger partial charge on any atom is -0.308 e. The number of thiazole rings is 1. The van der Waals surface area contributed by atoms with Crippen molar-refractivity contribution in [2.24, 2.45) is 0 Å². The Kier molecular flexibility index (Phi) is 6.81. The van der Waals surface area contributed by atoms with E-state index < -0.39 is 0 Å². The molecule has 0 spiro atoms. The highest BCUT2D eigenvalue weighted by Gasteiger charge is 2.23. The first kappa shape index (κ1) is 20.2. The molecule has 1 heterocycles. The highest BCUT2D eigenvalue weighted by atomic mass is 32.2. The molecule has 27 heavy (non-hydrogen) atoms. The molecule has 0 atom stereocenters. The average molecular weight is 418 g/mol. The van der Waals surface area contributed by atoms with Gasteiger partial charge < -0.3 is 4.90 Å². The number of benzene rings is 2. The lowest BCUT2D eigenvalue weighted by molar-refractivity contribution is 0.0982. The van der Waals surface area contributed by atoms with Crippen molar-refractivity contribution in [1.82, 2.24) is 9.88 Å². The molecule has 1 aromatic heterocycles. The van der Waals surface area contributed by atoms with Crippen molar-refractivity contribution >= 4 is 56.1 Å². The summed E-state index contributed by atoms with van der Waals surface area (Å²) in [6.45, 7) is 1.38. The second-order valence-corrected chi connectivity index (χ2v) is 9.03. The SMILES string of the molecule is CSc1ccc2nc(N(CCN(C)C)C(=O)c3ccccc3SC)sc2c1. The minimum atomic E-state index is 0.00551. The van der Waals surface area contributed by atoms with Crippen LogP contribution in [0.25, 0.3) is 10.2 Å². The standard InChI is InChI=1S/C20H23N3OS3/c1-22(2)11-12-23(19(24)15-7-5-6-8-17(15)26-4)20-21-16-10-9-14(25-3)13-18(16)27-20/h5-10,13H,11-12H2,1-4H3. The van der Waals surface area contributed by atoms with Crippen molar-refractivity contribution < 1.29 is 4.79 Å². The maximum Gasteiger partial charge on any atom is 0.261 e. The van der Waals surface area contributed by atoms with Crippen molar-refractivity contribution in [3.63, 3.8) is 0 Å². The number of thioether (sulfide) groups is 2. The summed E-state index contributed by atoms with van der Waals surface area (Å²) in [5, 5.41) is 0.756. The monoisotopic (exact) mass is 417 g/mol. The van der Waals surface area contributed by atoms with Gasteiger partial charge in [0.05, 0.1) is 15.8 Å². The summed E-state index contributed by atoms with van der Waals surface area (Å²) in [5.41, 5.74) is 1.67. The van der Waals surface area contributed by atoms with Gasteiger partial charge in [-0.1, -0.05) is 23.5 Å². The van der Waals surface area contributed by atoms with Crippen LogP contribution >= 0.6 is 34.9 Å². The van der Waals surface area contributed by atoms with Crippen LogP contribution in [0.4, 0.5) is 5.13 Å². The average Bonchev–Trinajstić information content (AvgIpc) is 3.10. The van der Waals surface area contributed by atoms with Gasteiger partial charge in [0.25, 0.3) is 5.91 Å². The fraction of sp³-hybridized carbons (Fsp3) is 0.300. The maximum atomic E-state index is 13.4. The fourth-order valence-corrected chi connectivity index (χ4v) is 4.82. The Morgan fingerprint density at radius 2 is 1.85 bits per heavy atom. The number of likely N-dealkylation sites (N-methyl/N-ethyl adjacent to an activating group) is 1. The van der Waals surface area contributed by atoms with Gasteiger partial charge in [-0.05, 0) is 56.9 Å². The molecule has 0 aliphatic carbocycles. The van der Waals surface area contributed by atoms with Crippen molar-refractivity contribution in [2.45, 2.75) is 9.79 Å². The minimum absolute atomic E-state index is 0.00551. The van der Waals surface area contributed by atoms with Gasteiger partial charge in [-0.2, -0.15) is 0 Å². The van der Waals surface area contributed by atoms with E-state index >= 15 is 0 Å². The summed E-state index contributed by atoms with van der Waals surface area (Å²) in [6.07, 6.45) is 4.06. The van der Waals surface area contributed by atoms with Crippen LogP contribution in [0.1, 0.15) is 10.4 Å². The smallest absolute Gasteiger partial charge is 0.261 e. The topological polar surface area (TPSA) is 36.4 Å². The van der Waals surface area contributed by atoms with Crippen molar-refractivity contribution in [3.05, 3.63) is 48.0 Å². The molecule has 0 radical (unpaired) electrons. The molecule has 4 nitrogen and oxygen atoms in total. The van der Waals surface area contributed by atoms with Gasteiger partial charge in [-0.15, -0.1) is 23.5 Å². The maximum absolute atomic E-state index is 13.4. The normalized spacial score (nSPS) is 11.3. The van der Waals surface area contributed by atoms with E-state index in [4.69, 9.17) is 4.98 Å². The van der Waals surface area contributed by atoms with E-state index in [1.165, 1.54) is 4.90 Å². The fourth-order valence-electron chi connectivity index (χ4n) is 2.69. The van der Waals surface area contributed by atoms with E-state index in [1.54, 1.807) is 34.9 Å². The Hall–Kier alpha value is -1.54. The first-order valence-electron chi connectivity index (χ1n) is 8.57. The van der Waals surface area contributed by atoms with Gasteiger partial charge >= 0.3 is 0 Å². The third-order valence-corrected chi connectivity index (χ3v) is 6.73. The number of nitrogens with zero attached hydrogens (tertiary/aromatic N) is 3. The molecule has 142 valence electrons. The lowest BCUT2D eigenvalue weighted by atomic mass is 10.2. The second kappa shape index (κ2) is 9.10. The van der Waals surface area contributed by atoms with Crippen LogP contribution in [-0.2, 0) is 0 Å². The summed E-state index contributed by atoms with van der Waals surface area (Å²) in [7, 11) is 4.03. The van der Waals surface area contributed by atoms with Gasteiger partial charge in [0.1, 0.15) is 0 Å². The van der Waals surface area contributed by atoms with Gasteiger partial charge in [0.2, 0.25) is 0 Å². The molecule has 0 unspecified atom stereocenters. The first-order chi connectivity index (χ1) is 13.0. The molecular weight excluding hydrogens is 394 g/mol. The van der Waals surface area contributed by atoms with Crippen LogP contribution in [0, 0.1) is 0 Å². The highest BCUT2D eigenvalue weighted by molar-refractivity contribution is 7.98. The molecule has 2 aromatic carbocycles. The number of rotatable bonds is 7. The zero-order valence-electron chi connectivity index (χ0n) is 15.9. The van der Waals surface area contributed by atoms with E-state index in [2.05, 4.69) is 23.3 Å². The number of amides is 1. The van der Waals surface area contributed by atoms with E-state index in [0.29, 0.717) is 6.54 Å². The Morgan fingerprint density at radius 3 is 2.56 bits per heavy atom. The molecule has 0 fully saturated rings. The number of hydrogen-bond donors (Lipinski definition) is 0. The van der Waals surface area contributed by atoms with E-state index in [1.807, 2.05) is 55.6 Å². The second-order valence-electron chi connectivity index (χ2n) is 6.29. The molecule has 3 rings (SSSR count). The Balaban J connectivity index is 2.01. The Bertz CT molecular complexity index is 939. The summed E-state index contributed by atoms with van der Waals surface area (Å²) in [5.74, 6) is 0.00551. The Labute approximate surface area is 173 Å². The quantitative estimate of drug-likeness (QED) is 0.509. The van der Waals surface area contributed by atoms with Crippen LogP contribution in [0.5, 0.6) is 0 Å². The Morgan fingerprint density at radius 1 is 1.07 bits per heavy atom. The van der Waals surface area contributed by atoms with Crippen LogP contribution in [0.3, 0.4) is 0 Å². The van der Waals surface area contributed by atoms with Gasteiger partial charge in [0.15, 0.2) is 5.13 Å². The van der Waals surface area contributed by atoms with Crippen LogP contribution in [0.15, 0.2) is 52.3 Å². The number of carbonyl (C=O) groups excluding carboxylic acids is 1. The first-order valence-corrected chi connectivity index (χ1v) is 11.8. The molecule has 0 bridgehead atoms. The number of aromatic nitrogens is 1. The summed E-state index contributed by atoms with van der Waals surface area (Å²) in [4.78, 5) is 24.2. The van der Waals surface area contributed by atoms with Gasteiger partial charge in [-0.3, -0.25) is 9.69 Å². The number of hydrogen-bond acceptors (Lipinski definition) is 6. The molecule has 0 saturated carbocycles. The number of fused-ring (bicyclic) bond motifs is 1. The van der Waals surface area contributed by atoms with Crippen LogP contribution in [-0.4, -0.2) is 55.5 Å². The van der Waals surface area contributed by atoms with E-state index in [-0.39, 0.29) is 5.91 Å². The predicted molar refractivity (Wildman–Crippen MR) is 120 cm³/mol. The van der Waals surface area contributed by atoms with E-state index in [9.17, 15) is 4.79 Å². The lowest BCUT2D eigenvalue weighted by Crippen LogP contribution is -2.37. The van der Waals surface area contributed by atoms with Crippen molar-refractivity contribution in [2.75, 3.05) is 44.6 Å². The molecule has 0 aliphatic rings. The van der Waals surface area contributed by atoms with E-state index in [0.717, 1.165) is 32.4 Å². The predicted octanol–water partition coefficient (Wildman–Crippen LogP) is 4.95. The molecule has 3 aromatic rings. The molecule has 0 N–H and O–H groups in total. The van der Waals surface area contributed by atoms with Crippen molar-refractivity contribution in [3.8, 4) is 0 Å². The summed E-state index contributed by atoms with van der Waals surface area (Å²) >= 11 is 4.88. The molecule has 7 heteroatoms. The third-order valence-electron chi connectivity index (χ3n) is 4.17. The molecule has 0 saturated heterocycles. The largest absolute Gasteiger partial charge is 0.308 e. The van der Waals surface area contributed by atoms with Crippen molar-refractivity contribution in [1.29, 1.82) is 0 Å².